The Morgan fingerprint density at radius 3 is 2.64 bits per heavy atom. The van der Waals surface area contributed by atoms with E-state index in [1.54, 1.807) is 0 Å². The largest absolute Gasteiger partial charge is 0.0924 e. The lowest BCUT2D eigenvalue weighted by Crippen LogP contribution is -1.84. The van der Waals surface area contributed by atoms with Crippen LogP contribution >= 0.6 is 43.5 Å². The van der Waals surface area contributed by atoms with Crippen LogP contribution in [0.15, 0.2) is 22.7 Å². The van der Waals surface area contributed by atoms with Gasteiger partial charge in [0, 0.05) is 9.80 Å². The molecule has 0 amide bonds. The summed E-state index contributed by atoms with van der Waals surface area (Å²) in [6.45, 7) is 0. The topological polar surface area (TPSA) is 0 Å². The Hall–Kier alpha value is 0.470. The Morgan fingerprint density at radius 1 is 1.36 bits per heavy atom. The fraction of sp³-hybridized carbons (Fsp3) is 0.250. The van der Waals surface area contributed by atoms with Crippen LogP contribution in [0.3, 0.4) is 0 Å². The van der Waals surface area contributed by atoms with E-state index in [2.05, 4.69) is 37.9 Å². The maximum Gasteiger partial charge on any atom is 0.0550 e. The lowest BCUT2D eigenvalue weighted by atomic mass is 10.2. The van der Waals surface area contributed by atoms with Gasteiger partial charge in [-0.2, -0.15) is 0 Å². The minimum absolute atomic E-state index is 0.781. The van der Waals surface area contributed by atoms with Crippen molar-refractivity contribution in [2.45, 2.75) is 6.42 Å². The van der Waals surface area contributed by atoms with E-state index in [1.165, 1.54) is 5.56 Å². The molecule has 0 aliphatic heterocycles. The maximum absolute atomic E-state index is 5.89. The first-order valence-corrected chi connectivity index (χ1v) is 5.53. The molecule has 1 aromatic rings. The van der Waals surface area contributed by atoms with Crippen molar-refractivity contribution in [2.75, 3.05) is 5.33 Å². The third-order valence-corrected chi connectivity index (χ3v) is 3.00. The molecule has 0 saturated heterocycles. The molecule has 0 N–H and O–H groups in total. The van der Waals surface area contributed by atoms with Crippen LogP contribution in [-0.2, 0) is 6.42 Å². The second-order valence-corrected chi connectivity index (χ2v) is 4.24. The van der Waals surface area contributed by atoms with Crippen molar-refractivity contribution in [2.24, 2.45) is 0 Å². The quantitative estimate of drug-likeness (QED) is 0.723. The molecule has 0 radical (unpaired) electrons. The van der Waals surface area contributed by atoms with Gasteiger partial charge in [0.25, 0.3) is 0 Å². The van der Waals surface area contributed by atoms with E-state index in [4.69, 9.17) is 11.6 Å². The second kappa shape index (κ2) is 4.48. The molecule has 3 heteroatoms. The molecule has 0 bridgehead atoms. The normalized spacial score (nSPS) is 10.1. The summed E-state index contributed by atoms with van der Waals surface area (Å²) in [6.07, 6.45) is 1.02. The zero-order valence-corrected chi connectivity index (χ0v) is 9.71. The molecule has 0 spiro atoms. The minimum atomic E-state index is 0.781. The van der Waals surface area contributed by atoms with Gasteiger partial charge >= 0.3 is 0 Å². The molecule has 0 heterocycles. The van der Waals surface area contributed by atoms with Crippen LogP contribution in [0, 0.1) is 0 Å². The number of hydrogen-bond donors (Lipinski definition) is 0. The third-order valence-electron chi connectivity index (χ3n) is 1.37. The van der Waals surface area contributed by atoms with Gasteiger partial charge in [-0.05, 0) is 40.0 Å². The zero-order chi connectivity index (χ0) is 8.27. The monoisotopic (exact) mass is 296 g/mol. The predicted octanol–water partition coefficient (Wildman–Crippen LogP) is 4.04. The van der Waals surface area contributed by atoms with Gasteiger partial charge in [0.2, 0.25) is 0 Å². The van der Waals surface area contributed by atoms with Crippen LogP contribution < -0.4 is 0 Å². The standard InChI is InChI=1S/C8H7Br2Cl/c9-4-3-6-1-2-7(10)8(11)5-6/h1-2,5H,3-4H2. The molecule has 0 aromatic heterocycles. The van der Waals surface area contributed by atoms with Crippen molar-refractivity contribution in [1.82, 2.24) is 0 Å². The summed E-state index contributed by atoms with van der Waals surface area (Å²) in [5.41, 5.74) is 1.26. The van der Waals surface area contributed by atoms with Gasteiger partial charge in [0.05, 0.1) is 5.02 Å². The summed E-state index contributed by atoms with van der Waals surface area (Å²) in [4.78, 5) is 0. The van der Waals surface area contributed by atoms with Crippen LogP contribution in [-0.4, -0.2) is 5.33 Å². The Morgan fingerprint density at radius 2 is 2.09 bits per heavy atom. The Balaban J connectivity index is 2.86. The summed E-state index contributed by atoms with van der Waals surface area (Å²) in [6, 6.07) is 6.02. The van der Waals surface area contributed by atoms with Crippen LogP contribution in [0.1, 0.15) is 5.56 Å². The van der Waals surface area contributed by atoms with Crippen molar-refractivity contribution >= 4 is 43.5 Å². The van der Waals surface area contributed by atoms with Gasteiger partial charge in [-0.1, -0.05) is 33.6 Å². The third kappa shape index (κ3) is 2.77. The number of rotatable bonds is 2. The van der Waals surface area contributed by atoms with Gasteiger partial charge in [-0.15, -0.1) is 0 Å². The number of alkyl halides is 1. The molecular weight excluding hydrogens is 291 g/mol. The predicted molar refractivity (Wildman–Crippen MR) is 56.7 cm³/mol. The molecule has 0 aliphatic rings. The van der Waals surface area contributed by atoms with Crippen LogP contribution in [0.4, 0.5) is 0 Å². The van der Waals surface area contributed by atoms with E-state index in [-0.39, 0.29) is 0 Å². The Labute approximate surface area is 88.2 Å². The summed E-state index contributed by atoms with van der Waals surface area (Å²) >= 11 is 12.6. The first-order chi connectivity index (χ1) is 5.24. The molecule has 0 fully saturated rings. The average molecular weight is 298 g/mol. The summed E-state index contributed by atoms with van der Waals surface area (Å²) in [5.74, 6) is 0. The number of halogens is 3. The van der Waals surface area contributed by atoms with Crippen molar-refractivity contribution < 1.29 is 0 Å². The van der Waals surface area contributed by atoms with Crippen molar-refractivity contribution in [3.8, 4) is 0 Å². The van der Waals surface area contributed by atoms with Gasteiger partial charge < -0.3 is 0 Å². The van der Waals surface area contributed by atoms with Crippen LogP contribution in [0.25, 0.3) is 0 Å². The highest BCUT2D eigenvalue weighted by atomic mass is 79.9. The van der Waals surface area contributed by atoms with Crippen molar-refractivity contribution in [3.05, 3.63) is 33.3 Å². The van der Waals surface area contributed by atoms with E-state index in [1.807, 2.05) is 12.1 Å². The minimum Gasteiger partial charge on any atom is -0.0924 e. The molecule has 0 atom stereocenters. The van der Waals surface area contributed by atoms with Crippen molar-refractivity contribution in [3.63, 3.8) is 0 Å². The van der Waals surface area contributed by atoms with E-state index in [0.717, 1.165) is 21.2 Å². The van der Waals surface area contributed by atoms with E-state index in [9.17, 15) is 0 Å². The Bertz CT molecular complexity index is 248. The SMILES string of the molecule is Clc1cc(CCBr)ccc1Br. The first kappa shape index (κ1) is 9.56. The number of benzene rings is 1. The fourth-order valence-corrected chi connectivity index (χ4v) is 1.71. The van der Waals surface area contributed by atoms with E-state index < -0.39 is 0 Å². The Kier molecular flexibility index (Phi) is 3.90. The summed E-state index contributed by atoms with van der Waals surface area (Å²) < 4.78 is 0.956. The number of aryl methyl sites for hydroxylation is 1. The first-order valence-electron chi connectivity index (χ1n) is 3.24. The van der Waals surface area contributed by atoms with E-state index >= 15 is 0 Å². The molecule has 0 aliphatic carbocycles. The molecule has 0 nitrogen and oxygen atoms in total. The summed E-state index contributed by atoms with van der Waals surface area (Å²) in [7, 11) is 0. The molecular formula is C8H7Br2Cl. The molecule has 60 valence electrons. The molecule has 1 aromatic carbocycles. The zero-order valence-electron chi connectivity index (χ0n) is 5.78. The van der Waals surface area contributed by atoms with Crippen LogP contribution in [0.2, 0.25) is 5.02 Å². The smallest absolute Gasteiger partial charge is 0.0550 e. The lowest BCUT2D eigenvalue weighted by molar-refractivity contribution is 1.17. The lowest BCUT2D eigenvalue weighted by Gasteiger charge is -1.99. The van der Waals surface area contributed by atoms with Gasteiger partial charge in [-0.3, -0.25) is 0 Å². The highest BCUT2D eigenvalue weighted by Gasteiger charge is 1.97. The highest BCUT2D eigenvalue weighted by molar-refractivity contribution is 9.10. The average Bonchev–Trinajstić information content (AvgIpc) is 1.98. The molecule has 11 heavy (non-hydrogen) atoms. The highest BCUT2D eigenvalue weighted by Crippen LogP contribution is 2.23. The molecule has 0 unspecified atom stereocenters. The number of hydrogen-bond acceptors (Lipinski definition) is 0. The van der Waals surface area contributed by atoms with Crippen LogP contribution in [0.5, 0.6) is 0 Å². The molecule has 1 rings (SSSR count). The van der Waals surface area contributed by atoms with E-state index in [0.29, 0.717) is 0 Å². The van der Waals surface area contributed by atoms with Crippen molar-refractivity contribution in [1.29, 1.82) is 0 Å². The van der Waals surface area contributed by atoms with Gasteiger partial charge in [-0.25, -0.2) is 0 Å². The molecule has 0 saturated carbocycles. The fourth-order valence-electron chi connectivity index (χ4n) is 0.804. The van der Waals surface area contributed by atoms with Gasteiger partial charge in [0.15, 0.2) is 0 Å². The summed E-state index contributed by atoms with van der Waals surface area (Å²) in [5, 5.41) is 1.76. The second-order valence-electron chi connectivity index (χ2n) is 2.19. The van der Waals surface area contributed by atoms with Gasteiger partial charge in [0.1, 0.15) is 0 Å². The maximum atomic E-state index is 5.89.